The monoisotopic (exact) mass is 226 g/mol. The van der Waals surface area contributed by atoms with Gasteiger partial charge in [0.15, 0.2) is 0 Å². The van der Waals surface area contributed by atoms with E-state index >= 15 is 0 Å². The maximum absolute atomic E-state index is 2.35. The molecule has 0 aliphatic carbocycles. The van der Waals surface area contributed by atoms with E-state index in [1.54, 1.807) is 0 Å². The maximum atomic E-state index is 2.35. The Kier molecular flexibility index (Phi) is 2.99. The van der Waals surface area contributed by atoms with Crippen LogP contribution in [0.5, 0.6) is 0 Å². The molecule has 0 atom stereocenters. The van der Waals surface area contributed by atoms with Gasteiger partial charge in [0.2, 0.25) is 0 Å². The van der Waals surface area contributed by atoms with E-state index in [4.69, 9.17) is 0 Å². The van der Waals surface area contributed by atoms with E-state index in [1.165, 1.54) is 33.9 Å². The molecule has 0 heteroatoms. The first-order chi connectivity index (χ1) is 7.94. The van der Waals surface area contributed by atoms with Gasteiger partial charge in [0.25, 0.3) is 0 Å². The summed E-state index contributed by atoms with van der Waals surface area (Å²) in [4.78, 5) is 0. The average molecular weight is 226 g/mol. The van der Waals surface area contributed by atoms with Gasteiger partial charge in [-0.2, -0.15) is 0 Å². The van der Waals surface area contributed by atoms with Crippen LogP contribution in [-0.2, 0) is 5.41 Å². The smallest absolute Gasteiger partial charge is 0.0106 e. The lowest BCUT2D eigenvalue weighted by Crippen LogP contribution is -2.15. The second kappa shape index (κ2) is 4.18. The third-order valence-corrected chi connectivity index (χ3v) is 4.12. The number of benzene rings is 2. The highest BCUT2D eigenvalue weighted by Gasteiger charge is 2.17. The summed E-state index contributed by atoms with van der Waals surface area (Å²) in [5.41, 5.74) is 4.46. The van der Waals surface area contributed by atoms with E-state index in [-0.39, 0.29) is 5.41 Å². The summed E-state index contributed by atoms with van der Waals surface area (Å²) in [6, 6.07) is 11.5. The molecule has 0 aliphatic heterocycles. The minimum absolute atomic E-state index is 0.271. The van der Waals surface area contributed by atoms with Crippen LogP contribution in [0.3, 0.4) is 0 Å². The molecule has 2 aromatic rings. The average Bonchev–Trinajstić information content (AvgIpc) is 2.30. The van der Waals surface area contributed by atoms with Crippen LogP contribution in [0.15, 0.2) is 30.3 Å². The molecule has 2 aromatic carbocycles. The van der Waals surface area contributed by atoms with E-state index < -0.39 is 0 Å². The summed E-state index contributed by atoms with van der Waals surface area (Å²) in [5, 5.41) is 2.72. The second-order valence-corrected chi connectivity index (χ2v) is 5.74. The molecule has 0 saturated heterocycles. The van der Waals surface area contributed by atoms with Gasteiger partial charge in [-0.3, -0.25) is 0 Å². The molecule has 0 nitrogen and oxygen atoms in total. The topological polar surface area (TPSA) is 0 Å². The predicted molar refractivity (Wildman–Crippen MR) is 76.7 cm³/mol. The molecule has 90 valence electrons. The predicted octanol–water partition coefficient (Wildman–Crippen LogP) is 5.14. The van der Waals surface area contributed by atoms with Crippen molar-refractivity contribution in [1.82, 2.24) is 0 Å². The highest BCUT2D eigenvalue weighted by molar-refractivity contribution is 5.85. The summed E-state index contributed by atoms with van der Waals surface area (Å²) < 4.78 is 0. The van der Waals surface area contributed by atoms with Crippen molar-refractivity contribution in [2.45, 2.75) is 46.5 Å². The van der Waals surface area contributed by atoms with E-state index in [0.29, 0.717) is 0 Å². The standard InChI is InChI=1S/C17H22/c1-6-17(4,5)16-8-7-14-9-12(2)13(3)10-15(14)11-16/h7-11H,6H2,1-5H3. The molecule has 0 amide bonds. The highest BCUT2D eigenvalue weighted by Crippen LogP contribution is 2.30. The third kappa shape index (κ3) is 2.22. The summed E-state index contributed by atoms with van der Waals surface area (Å²) in [6.07, 6.45) is 1.17. The van der Waals surface area contributed by atoms with E-state index in [2.05, 4.69) is 65.0 Å². The Morgan fingerprint density at radius 2 is 1.47 bits per heavy atom. The van der Waals surface area contributed by atoms with Crippen molar-refractivity contribution in [3.8, 4) is 0 Å². The number of hydrogen-bond donors (Lipinski definition) is 0. The molecule has 0 radical (unpaired) electrons. The highest BCUT2D eigenvalue weighted by atomic mass is 14.2. The molecular weight excluding hydrogens is 204 g/mol. The third-order valence-electron chi connectivity index (χ3n) is 4.12. The maximum Gasteiger partial charge on any atom is -0.0106 e. The summed E-state index contributed by atoms with van der Waals surface area (Å²) in [7, 11) is 0. The fourth-order valence-electron chi connectivity index (χ4n) is 2.15. The molecule has 0 spiro atoms. The van der Waals surface area contributed by atoms with Gasteiger partial charge in [0, 0.05) is 0 Å². The Morgan fingerprint density at radius 1 is 0.882 bits per heavy atom. The Hall–Kier alpha value is -1.30. The molecule has 0 fully saturated rings. The van der Waals surface area contributed by atoms with Crippen LogP contribution in [0.4, 0.5) is 0 Å². The zero-order valence-electron chi connectivity index (χ0n) is 11.6. The van der Waals surface area contributed by atoms with Crippen LogP contribution in [0.25, 0.3) is 10.8 Å². The van der Waals surface area contributed by atoms with Crippen molar-refractivity contribution >= 4 is 10.8 Å². The fraction of sp³-hybridized carbons (Fsp3) is 0.412. The Bertz CT molecular complexity index is 547. The number of rotatable bonds is 2. The van der Waals surface area contributed by atoms with Crippen LogP contribution in [-0.4, -0.2) is 0 Å². The van der Waals surface area contributed by atoms with Gasteiger partial charge >= 0.3 is 0 Å². The van der Waals surface area contributed by atoms with Crippen LogP contribution in [0.1, 0.15) is 43.9 Å². The van der Waals surface area contributed by atoms with Crippen molar-refractivity contribution in [2.75, 3.05) is 0 Å². The molecule has 0 unspecified atom stereocenters. The molecule has 0 N–H and O–H groups in total. The molecular formula is C17H22. The zero-order valence-corrected chi connectivity index (χ0v) is 11.6. The molecule has 17 heavy (non-hydrogen) atoms. The minimum Gasteiger partial charge on any atom is -0.0646 e. The van der Waals surface area contributed by atoms with Gasteiger partial charge in [0.05, 0.1) is 0 Å². The van der Waals surface area contributed by atoms with Gasteiger partial charge in [-0.05, 0) is 53.1 Å². The van der Waals surface area contributed by atoms with Crippen molar-refractivity contribution in [1.29, 1.82) is 0 Å². The first-order valence-corrected chi connectivity index (χ1v) is 6.45. The van der Waals surface area contributed by atoms with Gasteiger partial charge < -0.3 is 0 Å². The van der Waals surface area contributed by atoms with Gasteiger partial charge in [-0.1, -0.05) is 51.1 Å². The lowest BCUT2D eigenvalue weighted by atomic mass is 9.81. The molecule has 0 aromatic heterocycles. The summed E-state index contributed by atoms with van der Waals surface area (Å²) >= 11 is 0. The molecule has 0 aliphatic rings. The largest absolute Gasteiger partial charge is 0.0646 e. The lowest BCUT2D eigenvalue weighted by molar-refractivity contribution is 0.507. The number of fused-ring (bicyclic) bond motifs is 1. The lowest BCUT2D eigenvalue weighted by Gasteiger charge is -2.23. The molecule has 0 saturated carbocycles. The van der Waals surface area contributed by atoms with E-state index in [0.717, 1.165) is 0 Å². The summed E-state index contributed by atoms with van der Waals surface area (Å²) in [6.45, 7) is 11.3. The summed E-state index contributed by atoms with van der Waals surface area (Å²) in [5.74, 6) is 0. The van der Waals surface area contributed by atoms with Gasteiger partial charge in [-0.25, -0.2) is 0 Å². The SMILES string of the molecule is CCC(C)(C)c1ccc2cc(C)c(C)cc2c1. The molecule has 0 bridgehead atoms. The van der Waals surface area contributed by atoms with Crippen molar-refractivity contribution in [3.63, 3.8) is 0 Å². The van der Waals surface area contributed by atoms with E-state index in [1.807, 2.05) is 0 Å². The molecule has 2 rings (SSSR count). The van der Waals surface area contributed by atoms with Crippen molar-refractivity contribution in [2.24, 2.45) is 0 Å². The first-order valence-electron chi connectivity index (χ1n) is 6.45. The van der Waals surface area contributed by atoms with Crippen molar-refractivity contribution < 1.29 is 0 Å². The van der Waals surface area contributed by atoms with Crippen LogP contribution in [0, 0.1) is 13.8 Å². The van der Waals surface area contributed by atoms with Gasteiger partial charge in [-0.15, -0.1) is 0 Å². The first kappa shape index (κ1) is 12.2. The Balaban J connectivity index is 2.62. The Labute approximate surface area is 105 Å². The van der Waals surface area contributed by atoms with Crippen LogP contribution in [0.2, 0.25) is 0 Å². The van der Waals surface area contributed by atoms with Crippen LogP contribution >= 0.6 is 0 Å². The number of hydrogen-bond acceptors (Lipinski definition) is 0. The fourth-order valence-corrected chi connectivity index (χ4v) is 2.15. The van der Waals surface area contributed by atoms with Crippen molar-refractivity contribution in [3.05, 3.63) is 47.0 Å². The second-order valence-electron chi connectivity index (χ2n) is 5.74. The van der Waals surface area contributed by atoms with Crippen LogP contribution < -0.4 is 0 Å². The quantitative estimate of drug-likeness (QED) is 0.664. The number of aryl methyl sites for hydroxylation is 2. The van der Waals surface area contributed by atoms with E-state index in [9.17, 15) is 0 Å². The minimum atomic E-state index is 0.271. The normalized spacial score (nSPS) is 12.1. The molecule has 0 heterocycles. The Morgan fingerprint density at radius 3 is 2.06 bits per heavy atom. The van der Waals surface area contributed by atoms with Gasteiger partial charge in [0.1, 0.15) is 0 Å². The zero-order chi connectivity index (χ0) is 12.6.